The monoisotopic (exact) mass is 260 g/mol. The molecule has 4 nitrogen and oxygen atoms in total. The third kappa shape index (κ3) is 2.59. The number of nitrogens with one attached hydrogen (secondary N) is 1. The van der Waals surface area contributed by atoms with Gasteiger partial charge in [-0.2, -0.15) is 0 Å². The van der Waals surface area contributed by atoms with Crippen LogP contribution in [0.5, 0.6) is 0 Å². The lowest BCUT2D eigenvalue weighted by Gasteiger charge is -2.29. The van der Waals surface area contributed by atoms with Crippen molar-refractivity contribution in [3.05, 3.63) is 17.6 Å². The molecule has 0 saturated carbocycles. The Morgan fingerprint density at radius 2 is 2.16 bits per heavy atom. The Kier molecular flexibility index (Phi) is 3.97. The predicted molar refractivity (Wildman–Crippen MR) is 77.6 cm³/mol. The Bertz CT molecular complexity index is 432. The summed E-state index contributed by atoms with van der Waals surface area (Å²) in [6.07, 6.45) is 9.21. The zero-order valence-corrected chi connectivity index (χ0v) is 11.9. The molecular weight excluding hydrogens is 236 g/mol. The van der Waals surface area contributed by atoms with Crippen molar-refractivity contribution in [2.45, 2.75) is 51.5 Å². The average molecular weight is 260 g/mol. The molecule has 1 saturated heterocycles. The fourth-order valence-corrected chi connectivity index (χ4v) is 3.39. The summed E-state index contributed by atoms with van der Waals surface area (Å²) < 4.78 is 0. The number of fused-ring (bicyclic) bond motifs is 1. The lowest BCUT2D eigenvalue weighted by molar-refractivity contribution is 0.578. The fraction of sp³-hybridized carbons (Fsp3) is 0.733. The summed E-state index contributed by atoms with van der Waals surface area (Å²) in [4.78, 5) is 11.6. The standard InChI is InChI=1S/C15H24N4/c1-2-16-10-12-6-5-9-19(12)15-13-7-3-4-8-14(13)17-11-18-15/h11-12,16H,2-10H2,1H3. The zero-order valence-electron chi connectivity index (χ0n) is 11.9. The second-order valence-electron chi connectivity index (χ2n) is 5.63. The van der Waals surface area contributed by atoms with Gasteiger partial charge in [0.1, 0.15) is 12.1 Å². The first kappa shape index (κ1) is 12.9. The first-order valence-corrected chi connectivity index (χ1v) is 7.70. The van der Waals surface area contributed by atoms with Gasteiger partial charge in [0, 0.05) is 30.4 Å². The zero-order chi connectivity index (χ0) is 13.1. The number of hydrogen-bond donors (Lipinski definition) is 1. The minimum absolute atomic E-state index is 0.612. The molecule has 0 spiro atoms. The molecule has 1 aliphatic carbocycles. The van der Waals surface area contributed by atoms with Crippen LogP contribution in [-0.4, -0.2) is 35.6 Å². The van der Waals surface area contributed by atoms with Crippen LogP contribution in [-0.2, 0) is 12.8 Å². The van der Waals surface area contributed by atoms with Gasteiger partial charge in [0.15, 0.2) is 0 Å². The third-order valence-corrected chi connectivity index (χ3v) is 4.38. The van der Waals surface area contributed by atoms with Crippen LogP contribution < -0.4 is 10.2 Å². The second-order valence-corrected chi connectivity index (χ2v) is 5.63. The van der Waals surface area contributed by atoms with Crippen molar-refractivity contribution < 1.29 is 0 Å². The quantitative estimate of drug-likeness (QED) is 0.898. The SMILES string of the molecule is CCNCC1CCCN1c1ncnc2c1CCCC2. The van der Waals surface area contributed by atoms with E-state index in [9.17, 15) is 0 Å². The molecule has 3 rings (SSSR count). The van der Waals surface area contributed by atoms with Crippen LogP contribution in [0.4, 0.5) is 5.82 Å². The van der Waals surface area contributed by atoms with Gasteiger partial charge in [-0.05, 0) is 45.1 Å². The number of hydrogen-bond acceptors (Lipinski definition) is 4. The number of nitrogens with zero attached hydrogens (tertiary/aromatic N) is 3. The Morgan fingerprint density at radius 1 is 1.26 bits per heavy atom. The lowest BCUT2D eigenvalue weighted by Crippen LogP contribution is -2.39. The number of rotatable bonds is 4. The van der Waals surface area contributed by atoms with Crippen molar-refractivity contribution in [3.63, 3.8) is 0 Å². The molecule has 2 aliphatic rings. The molecule has 104 valence electrons. The van der Waals surface area contributed by atoms with Crippen LogP contribution in [0.1, 0.15) is 43.9 Å². The number of likely N-dealkylation sites (N-methyl/N-ethyl adjacent to an activating group) is 1. The summed E-state index contributed by atoms with van der Waals surface area (Å²) >= 11 is 0. The predicted octanol–water partition coefficient (Wildman–Crippen LogP) is 1.93. The normalized spacial score (nSPS) is 22.6. The van der Waals surface area contributed by atoms with Crippen LogP contribution in [0, 0.1) is 0 Å². The molecular formula is C15H24N4. The summed E-state index contributed by atoms with van der Waals surface area (Å²) in [7, 11) is 0. The molecule has 1 unspecified atom stereocenters. The number of anilines is 1. The van der Waals surface area contributed by atoms with Gasteiger partial charge in [0.2, 0.25) is 0 Å². The van der Waals surface area contributed by atoms with Gasteiger partial charge in [-0.15, -0.1) is 0 Å². The number of aryl methyl sites for hydroxylation is 1. The first-order valence-electron chi connectivity index (χ1n) is 7.70. The van der Waals surface area contributed by atoms with Crippen LogP contribution >= 0.6 is 0 Å². The van der Waals surface area contributed by atoms with Crippen molar-refractivity contribution in [2.24, 2.45) is 0 Å². The molecule has 2 heterocycles. The van der Waals surface area contributed by atoms with Crippen LogP contribution in [0.15, 0.2) is 6.33 Å². The summed E-state index contributed by atoms with van der Waals surface area (Å²) in [5.74, 6) is 1.23. The largest absolute Gasteiger partial charge is 0.352 e. The Labute approximate surface area is 115 Å². The molecule has 1 aliphatic heterocycles. The van der Waals surface area contributed by atoms with Crippen molar-refractivity contribution in [1.82, 2.24) is 15.3 Å². The molecule has 0 bridgehead atoms. The highest BCUT2D eigenvalue weighted by Crippen LogP contribution is 2.31. The highest BCUT2D eigenvalue weighted by molar-refractivity contribution is 5.51. The minimum atomic E-state index is 0.612. The summed E-state index contributed by atoms with van der Waals surface area (Å²) in [5.41, 5.74) is 2.72. The molecule has 1 atom stereocenters. The maximum Gasteiger partial charge on any atom is 0.135 e. The van der Waals surface area contributed by atoms with Gasteiger partial charge >= 0.3 is 0 Å². The van der Waals surface area contributed by atoms with Gasteiger partial charge in [-0.1, -0.05) is 6.92 Å². The van der Waals surface area contributed by atoms with E-state index in [-0.39, 0.29) is 0 Å². The molecule has 4 heteroatoms. The van der Waals surface area contributed by atoms with Crippen LogP contribution in [0.25, 0.3) is 0 Å². The Morgan fingerprint density at radius 3 is 3.05 bits per heavy atom. The van der Waals surface area contributed by atoms with E-state index in [4.69, 9.17) is 0 Å². The summed E-state index contributed by atoms with van der Waals surface area (Å²) in [5, 5.41) is 3.48. The molecule has 0 radical (unpaired) electrons. The van der Waals surface area contributed by atoms with E-state index in [2.05, 4.69) is 27.1 Å². The van der Waals surface area contributed by atoms with Crippen LogP contribution in [0.2, 0.25) is 0 Å². The molecule has 1 aromatic rings. The molecule has 1 N–H and O–H groups in total. The topological polar surface area (TPSA) is 41.0 Å². The van der Waals surface area contributed by atoms with Crippen LogP contribution in [0.3, 0.4) is 0 Å². The molecule has 19 heavy (non-hydrogen) atoms. The van der Waals surface area contributed by atoms with Gasteiger partial charge in [-0.25, -0.2) is 9.97 Å². The van der Waals surface area contributed by atoms with Gasteiger partial charge in [-0.3, -0.25) is 0 Å². The highest BCUT2D eigenvalue weighted by Gasteiger charge is 2.28. The lowest BCUT2D eigenvalue weighted by atomic mass is 9.96. The maximum atomic E-state index is 4.62. The van der Waals surface area contributed by atoms with E-state index in [0.717, 1.165) is 32.5 Å². The highest BCUT2D eigenvalue weighted by atomic mass is 15.2. The first-order chi connectivity index (χ1) is 9.40. The van der Waals surface area contributed by atoms with E-state index in [0.29, 0.717) is 6.04 Å². The Balaban J connectivity index is 1.84. The van der Waals surface area contributed by atoms with E-state index in [1.807, 2.05) is 0 Å². The summed E-state index contributed by atoms with van der Waals surface area (Å²) in [6.45, 7) is 5.45. The third-order valence-electron chi connectivity index (χ3n) is 4.38. The molecule has 0 aromatic carbocycles. The fourth-order valence-electron chi connectivity index (χ4n) is 3.39. The Hall–Kier alpha value is -1.16. The van der Waals surface area contributed by atoms with E-state index < -0.39 is 0 Å². The average Bonchev–Trinajstić information content (AvgIpc) is 2.92. The smallest absolute Gasteiger partial charge is 0.135 e. The van der Waals surface area contributed by atoms with Gasteiger partial charge in [0.05, 0.1) is 0 Å². The van der Waals surface area contributed by atoms with E-state index in [1.165, 1.54) is 42.8 Å². The second kappa shape index (κ2) is 5.87. The number of aromatic nitrogens is 2. The molecule has 1 aromatic heterocycles. The van der Waals surface area contributed by atoms with E-state index >= 15 is 0 Å². The van der Waals surface area contributed by atoms with Crippen molar-refractivity contribution >= 4 is 5.82 Å². The minimum Gasteiger partial charge on any atom is -0.352 e. The van der Waals surface area contributed by atoms with Gasteiger partial charge < -0.3 is 10.2 Å². The van der Waals surface area contributed by atoms with Gasteiger partial charge in [0.25, 0.3) is 0 Å². The molecule has 0 amide bonds. The van der Waals surface area contributed by atoms with Crippen molar-refractivity contribution in [1.29, 1.82) is 0 Å². The molecule has 1 fully saturated rings. The van der Waals surface area contributed by atoms with E-state index in [1.54, 1.807) is 6.33 Å². The maximum absolute atomic E-state index is 4.62. The van der Waals surface area contributed by atoms with Crippen molar-refractivity contribution in [3.8, 4) is 0 Å². The van der Waals surface area contributed by atoms with Crippen molar-refractivity contribution in [2.75, 3.05) is 24.5 Å². The summed E-state index contributed by atoms with van der Waals surface area (Å²) in [6, 6.07) is 0.612.